The Bertz CT molecular complexity index is 449. The average Bonchev–Trinajstić information content (AvgIpc) is 2.37. The summed E-state index contributed by atoms with van der Waals surface area (Å²) in [5, 5.41) is 8.59. The lowest BCUT2D eigenvalue weighted by Gasteiger charge is -2.26. The van der Waals surface area contributed by atoms with E-state index in [1.165, 1.54) is 12.0 Å². The van der Waals surface area contributed by atoms with Gasteiger partial charge in [0.2, 0.25) is 0 Å². The van der Waals surface area contributed by atoms with E-state index in [0.29, 0.717) is 12.0 Å². The van der Waals surface area contributed by atoms with E-state index in [0.717, 1.165) is 18.2 Å². The number of aliphatic carboxylic acids is 1. The topological polar surface area (TPSA) is 40.5 Å². The van der Waals surface area contributed by atoms with Gasteiger partial charge in [-0.1, -0.05) is 38.1 Å². The molecule has 1 atom stereocenters. The maximum atomic E-state index is 10.5. The third kappa shape index (κ3) is 6.02. The monoisotopic (exact) mass is 275 g/mol. The van der Waals surface area contributed by atoms with Crippen molar-refractivity contribution in [3.63, 3.8) is 0 Å². The third-order valence-electron chi connectivity index (χ3n) is 3.40. The molecule has 0 aliphatic rings. The van der Waals surface area contributed by atoms with Crippen LogP contribution in [-0.2, 0) is 11.3 Å². The molecule has 0 saturated heterocycles. The van der Waals surface area contributed by atoms with Crippen LogP contribution < -0.4 is 0 Å². The van der Waals surface area contributed by atoms with Crippen molar-refractivity contribution in [1.29, 1.82) is 0 Å². The second-order valence-corrected chi connectivity index (χ2v) is 5.81. The molecule has 0 amide bonds. The SMILES string of the molecule is CC(C)CC(C)N(C)Cc1ccc(C=CC(=O)O)cc1. The molecule has 1 aromatic carbocycles. The summed E-state index contributed by atoms with van der Waals surface area (Å²) in [6.07, 6.45) is 3.96. The van der Waals surface area contributed by atoms with E-state index in [4.69, 9.17) is 5.11 Å². The van der Waals surface area contributed by atoms with Crippen LogP contribution in [0.25, 0.3) is 6.08 Å². The zero-order valence-corrected chi connectivity index (χ0v) is 12.8. The highest BCUT2D eigenvalue weighted by Gasteiger charge is 2.11. The summed E-state index contributed by atoms with van der Waals surface area (Å²) < 4.78 is 0. The van der Waals surface area contributed by atoms with E-state index in [-0.39, 0.29) is 0 Å². The molecule has 0 aromatic heterocycles. The Morgan fingerprint density at radius 2 is 1.85 bits per heavy atom. The predicted octanol–water partition coefficient (Wildman–Crippen LogP) is 3.65. The Kier molecular flexibility index (Phi) is 6.46. The first-order valence-corrected chi connectivity index (χ1v) is 7.08. The predicted molar refractivity (Wildman–Crippen MR) is 83.5 cm³/mol. The van der Waals surface area contributed by atoms with Gasteiger partial charge in [-0.3, -0.25) is 4.90 Å². The molecule has 0 fully saturated rings. The summed E-state index contributed by atoms with van der Waals surface area (Å²) in [7, 11) is 2.14. The minimum atomic E-state index is -0.920. The van der Waals surface area contributed by atoms with Crippen molar-refractivity contribution in [2.45, 2.75) is 39.8 Å². The van der Waals surface area contributed by atoms with Gasteiger partial charge in [-0.2, -0.15) is 0 Å². The number of benzene rings is 1. The molecular weight excluding hydrogens is 250 g/mol. The van der Waals surface area contributed by atoms with Gasteiger partial charge in [-0.15, -0.1) is 0 Å². The lowest BCUT2D eigenvalue weighted by Crippen LogP contribution is -2.29. The van der Waals surface area contributed by atoms with Gasteiger partial charge in [-0.05, 0) is 43.5 Å². The normalized spacial score (nSPS) is 13.3. The number of rotatable bonds is 7. The van der Waals surface area contributed by atoms with Crippen LogP contribution in [0.1, 0.15) is 38.3 Å². The first-order chi connectivity index (χ1) is 9.38. The fourth-order valence-corrected chi connectivity index (χ4v) is 2.21. The summed E-state index contributed by atoms with van der Waals surface area (Å²) >= 11 is 0. The van der Waals surface area contributed by atoms with Crippen LogP contribution >= 0.6 is 0 Å². The molecule has 0 aliphatic carbocycles. The first-order valence-electron chi connectivity index (χ1n) is 7.08. The molecule has 20 heavy (non-hydrogen) atoms. The summed E-state index contributed by atoms with van der Waals surface area (Å²) in [5.74, 6) is -0.215. The van der Waals surface area contributed by atoms with E-state index in [1.54, 1.807) is 6.08 Å². The van der Waals surface area contributed by atoms with Crippen LogP contribution in [0, 0.1) is 5.92 Å². The number of carbonyl (C=O) groups is 1. The van der Waals surface area contributed by atoms with Crippen molar-refractivity contribution in [2.75, 3.05) is 7.05 Å². The van der Waals surface area contributed by atoms with Crippen molar-refractivity contribution in [3.8, 4) is 0 Å². The molecule has 1 unspecified atom stereocenters. The molecule has 3 heteroatoms. The van der Waals surface area contributed by atoms with Crippen LogP contribution in [0.15, 0.2) is 30.3 Å². The minimum Gasteiger partial charge on any atom is -0.478 e. The highest BCUT2D eigenvalue weighted by atomic mass is 16.4. The number of hydrogen-bond acceptors (Lipinski definition) is 2. The van der Waals surface area contributed by atoms with Crippen molar-refractivity contribution >= 4 is 12.0 Å². The quantitative estimate of drug-likeness (QED) is 0.772. The zero-order valence-electron chi connectivity index (χ0n) is 12.8. The Hall–Kier alpha value is -1.61. The minimum absolute atomic E-state index is 0.557. The van der Waals surface area contributed by atoms with E-state index < -0.39 is 5.97 Å². The fourth-order valence-electron chi connectivity index (χ4n) is 2.21. The Morgan fingerprint density at radius 3 is 2.35 bits per heavy atom. The maximum Gasteiger partial charge on any atom is 0.328 e. The highest BCUT2D eigenvalue weighted by Crippen LogP contribution is 2.14. The van der Waals surface area contributed by atoms with Crippen LogP contribution in [0.5, 0.6) is 0 Å². The van der Waals surface area contributed by atoms with Gasteiger partial charge in [0.15, 0.2) is 0 Å². The molecule has 0 spiro atoms. The van der Waals surface area contributed by atoms with Gasteiger partial charge < -0.3 is 5.11 Å². The Labute approximate surface area is 121 Å². The Balaban J connectivity index is 2.58. The fraction of sp³-hybridized carbons (Fsp3) is 0.471. The smallest absolute Gasteiger partial charge is 0.328 e. The molecule has 3 nitrogen and oxygen atoms in total. The molecular formula is C17H25NO2. The van der Waals surface area contributed by atoms with Gasteiger partial charge in [-0.25, -0.2) is 4.79 Å². The van der Waals surface area contributed by atoms with Crippen LogP contribution in [0.3, 0.4) is 0 Å². The van der Waals surface area contributed by atoms with E-state index >= 15 is 0 Å². The molecule has 1 rings (SSSR count). The largest absolute Gasteiger partial charge is 0.478 e. The van der Waals surface area contributed by atoms with Crippen molar-refractivity contribution in [2.24, 2.45) is 5.92 Å². The van der Waals surface area contributed by atoms with Gasteiger partial charge in [0.05, 0.1) is 0 Å². The molecule has 0 bridgehead atoms. The molecule has 0 heterocycles. The first kappa shape index (κ1) is 16.4. The highest BCUT2D eigenvalue weighted by molar-refractivity contribution is 5.85. The molecule has 1 aromatic rings. The van der Waals surface area contributed by atoms with E-state index in [1.807, 2.05) is 12.1 Å². The van der Waals surface area contributed by atoms with Gasteiger partial charge in [0.25, 0.3) is 0 Å². The second-order valence-electron chi connectivity index (χ2n) is 5.81. The van der Waals surface area contributed by atoms with E-state index in [9.17, 15) is 4.79 Å². The lowest BCUT2D eigenvalue weighted by atomic mass is 10.0. The number of carboxylic acid groups (broad SMARTS) is 1. The van der Waals surface area contributed by atoms with Crippen LogP contribution in [0.4, 0.5) is 0 Å². The maximum absolute atomic E-state index is 10.5. The third-order valence-corrected chi connectivity index (χ3v) is 3.40. The average molecular weight is 275 g/mol. The van der Waals surface area contributed by atoms with Gasteiger partial charge in [0.1, 0.15) is 0 Å². The summed E-state index contributed by atoms with van der Waals surface area (Å²) in [6.45, 7) is 7.66. The van der Waals surface area contributed by atoms with Gasteiger partial charge >= 0.3 is 5.97 Å². The lowest BCUT2D eigenvalue weighted by molar-refractivity contribution is -0.131. The van der Waals surface area contributed by atoms with E-state index in [2.05, 4.69) is 44.9 Å². The molecule has 0 saturated carbocycles. The summed E-state index contributed by atoms with van der Waals surface area (Å²) in [4.78, 5) is 12.8. The van der Waals surface area contributed by atoms with Crippen molar-refractivity contribution in [1.82, 2.24) is 4.90 Å². The molecule has 110 valence electrons. The van der Waals surface area contributed by atoms with Gasteiger partial charge in [0, 0.05) is 18.7 Å². The number of carboxylic acids is 1. The second kappa shape index (κ2) is 7.85. The summed E-state index contributed by atoms with van der Waals surface area (Å²) in [6, 6.07) is 8.58. The molecule has 0 aliphatic heterocycles. The summed E-state index contributed by atoms with van der Waals surface area (Å²) in [5.41, 5.74) is 2.16. The van der Waals surface area contributed by atoms with Crippen LogP contribution in [-0.4, -0.2) is 29.1 Å². The number of nitrogens with zero attached hydrogens (tertiary/aromatic N) is 1. The number of hydrogen-bond donors (Lipinski definition) is 1. The van der Waals surface area contributed by atoms with Crippen molar-refractivity contribution in [3.05, 3.63) is 41.5 Å². The molecule has 0 radical (unpaired) electrons. The van der Waals surface area contributed by atoms with Crippen LogP contribution in [0.2, 0.25) is 0 Å². The molecule has 1 N–H and O–H groups in total. The zero-order chi connectivity index (χ0) is 15.1. The Morgan fingerprint density at radius 1 is 1.25 bits per heavy atom. The standard InChI is InChI=1S/C17H25NO2/c1-13(2)11-14(3)18(4)12-16-7-5-15(6-8-16)9-10-17(19)20/h5-10,13-14H,11-12H2,1-4H3,(H,19,20). The van der Waals surface area contributed by atoms with Crippen molar-refractivity contribution < 1.29 is 9.90 Å².